The first-order chi connectivity index (χ1) is 14.3. The number of sulfonamides is 1. The molecule has 30 heavy (non-hydrogen) atoms. The first-order valence-corrected chi connectivity index (χ1v) is 11.7. The summed E-state index contributed by atoms with van der Waals surface area (Å²) in [5, 5.41) is 5.06. The SMILES string of the molecule is CC[C@H](C(=O)Nc1ccc2c3c(cccc13)CC2)N(c1ccc(F)cc1)S(C)(=O)=O. The highest BCUT2D eigenvalue weighted by molar-refractivity contribution is 7.92. The molecule has 0 heterocycles. The van der Waals surface area contributed by atoms with E-state index in [0.717, 1.165) is 28.8 Å². The molecule has 0 spiro atoms. The Bertz CT molecular complexity index is 1210. The maximum absolute atomic E-state index is 13.3. The molecular weight excluding hydrogens is 403 g/mol. The van der Waals surface area contributed by atoms with Crippen molar-refractivity contribution in [1.29, 1.82) is 0 Å². The summed E-state index contributed by atoms with van der Waals surface area (Å²) in [4.78, 5) is 13.2. The van der Waals surface area contributed by atoms with E-state index in [4.69, 9.17) is 0 Å². The number of rotatable bonds is 6. The maximum atomic E-state index is 13.3. The molecule has 1 aliphatic carbocycles. The van der Waals surface area contributed by atoms with Gasteiger partial charge in [0, 0.05) is 11.1 Å². The Morgan fingerprint density at radius 1 is 1.07 bits per heavy atom. The number of benzene rings is 3. The van der Waals surface area contributed by atoms with Crippen LogP contribution in [-0.4, -0.2) is 26.6 Å². The molecule has 5 nitrogen and oxygen atoms in total. The second kappa shape index (κ2) is 7.72. The summed E-state index contributed by atoms with van der Waals surface area (Å²) in [6.45, 7) is 1.75. The molecular formula is C23H23FN2O3S. The molecule has 0 saturated heterocycles. The van der Waals surface area contributed by atoms with Crippen LogP contribution in [0.2, 0.25) is 0 Å². The van der Waals surface area contributed by atoms with E-state index in [1.54, 1.807) is 6.92 Å². The number of hydrogen-bond acceptors (Lipinski definition) is 3. The monoisotopic (exact) mass is 426 g/mol. The predicted molar refractivity (Wildman–Crippen MR) is 118 cm³/mol. The summed E-state index contributed by atoms with van der Waals surface area (Å²) in [6.07, 6.45) is 3.27. The molecule has 1 N–H and O–H groups in total. The van der Waals surface area contributed by atoms with Gasteiger partial charge >= 0.3 is 0 Å². The fourth-order valence-electron chi connectivity index (χ4n) is 4.22. The van der Waals surface area contributed by atoms with Crippen LogP contribution in [0.25, 0.3) is 10.8 Å². The lowest BCUT2D eigenvalue weighted by Gasteiger charge is -2.30. The summed E-state index contributed by atoms with van der Waals surface area (Å²) in [5.41, 5.74) is 3.43. The molecule has 4 rings (SSSR count). The van der Waals surface area contributed by atoms with E-state index in [0.29, 0.717) is 5.69 Å². The Labute approximate surface area is 175 Å². The topological polar surface area (TPSA) is 66.5 Å². The fraction of sp³-hybridized carbons (Fsp3) is 0.261. The molecule has 0 aromatic heterocycles. The maximum Gasteiger partial charge on any atom is 0.248 e. The van der Waals surface area contributed by atoms with Crippen LogP contribution < -0.4 is 9.62 Å². The summed E-state index contributed by atoms with van der Waals surface area (Å²) >= 11 is 0. The molecule has 0 saturated carbocycles. The van der Waals surface area contributed by atoms with Gasteiger partial charge in [0.05, 0.1) is 11.9 Å². The molecule has 156 valence electrons. The minimum atomic E-state index is -3.78. The Hall–Kier alpha value is -2.93. The van der Waals surface area contributed by atoms with Crippen LogP contribution in [0.4, 0.5) is 15.8 Å². The molecule has 7 heteroatoms. The van der Waals surface area contributed by atoms with Gasteiger partial charge in [-0.25, -0.2) is 12.8 Å². The zero-order chi connectivity index (χ0) is 21.5. The highest BCUT2D eigenvalue weighted by Crippen LogP contribution is 2.35. The lowest BCUT2D eigenvalue weighted by atomic mass is 10.0. The van der Waals surface area contributed by atoms with Gasteiger partial charge in [0.15, 0.2) is 0 Å². The van der Waals surface area contributed by atoms with E-state index in [1.807, 2.05) is 24.3 Å². The number of anilines is 2. The van der Waals surface area contributed by atoms with Crippen LogP contribution in [0.3, 0.4) is 0 Å². The van der Waals surface area contributed by atoms with Crippen molar-refractivity contribution in [1.82, 2.24) is 0 Å². The molecule has 0 fully saturated rings. The first-order valence-electron chi connectivity index (χ1n) is 9.89. The van der Waals surface area contributed by atoms with E-state index in [-0.39, 0.29) is 12.1 Å². The molecule has 0 unspecified atom stereocenters. The van der Waals surface area contributed by atoms with Gasteiger partial charge in [0.1, 0.15) is 11.9 Å². The minimum absolute atomic E-state index is 0.251. The number of amides is 1. The van der Waals surface area contributed by atoms with Gasteiger partial charge in [-0.2, -0.15) is 0 Å². The molecule has 0 bridgehead atoms. The quantitative estimate of drug-likeness (QED) is 0.640. The molecule has 1 atom stereocenters. The first kappa shape index (κ1) is 20.3. The van der Waals surface area contributed by atoms with Crippen LogP contribution in [0.15, 0.2) is 54.6 Å². The van der Waals surface area contributed by atoms with E-state index in [1.165, 1.54) is 40.8 Å². The van der Waals surface area contributed by atoms with Crippen LogP contribution >= 0.6 is 0 Å². The van der Waals surface area contributed by atoms with Crippen LogP contribution in [0.5, 0.6) is 0 Å². The number of carbonyl (C=O) groups is 1. The summed E-state index contributed by atoms with van der Waals surface area (Å²) in [7, 11) is -3.78. The van der Waals surface area contributed by atoms with E-state index < -0.39 is 27.8 Å². The molecule has 0 radical (unpaired) electrons. The molecule has 3 aromatic carbocycles. The van der Waals surface area contributed by atoms with Gasteiger partial charge in [-0.1, -0.05) is 31.2 Å². The lowest BCUT2D eigenvalue weighted by Crippen LogP contribution is -2.47. The smallest absolute Gasteiger partial charge is 0.248 e. The summed E-state index contributed by atoms with van der Waals surface area (Å²) in [5.74, 6) is -0.900. The Morgan fingerprint density at radius 2 is 1.73 bits per heavy atom. The number of nitrogens with one attached hydrogen (secondary N) is 1. The van der Waals surface area contributed by atoms with Crippen molar-refractivity contribution in [3.8, 4) is 0 Å². The van der Waals surface area contributed by atoms with E-state index in [9.17, 15) is 17.6 Å². The van der Waals surface area contributed by atoms with Crippen molar-refractivity contribution < 1.29 is 17.6 Å². The molecule has 3 aromatic rings. The highest BCUT2D eigenvalue weighted by Gasteiger charge is 2.32. The molecule has 0 aliphatic heterocycles. The number of halogens is 1. The van der Waals surface area contributed by atoms with Gasteiger partial charge in [-0.3, -0.25) is 9.10 Å². The average Bonchev–Trinajstić information content (AvgIpc) is 3.13. The van der Waals surface area contributed by atoms with Crippen LogP contribution in [0.1, 0.15) is 24.5 Å². The standard InChI is InChI=1S/C23H23FN2O3S/c1-3-21(26(30(2,28)29)18-12-10-17(24)11-13-18)23(27)25-20-14-9-16-8-7-15-5-4-6-19(20)22(15)16/h4-6,9-14,21H,3,7-8H2,1-2H3,(H,25,27)/t21-/m1/s1. The zero-order valence-corrected chi connectivity index (χ0v) is 17.7. The van der Waals surface area contributed by atoms with Gasteiger partial charge < -0.3 is 5.32 Å². The number of hydrogen-bond donors (Lipinski definition) is 1. The largest absolute Gasteiger partial charge is 0.324 e. The molecule has 1 amide bonds. The second-order valence-corrected chi connectivity index (χ2v) is 9.42. The van der Waals surface area contributed by atoms with Crippen molar-refractivity contribution in [3.63, 3.8) is 0 Å². The average molecular weight is 427 g/mol. The number of aryl methyl sites for hydroxylation is 2. The van der Waals surface area contributed by atoms with Gasteiger partial charge in [-0.15, -0.1) is 0 Å². The normalized spacial score (nSPS) is 14.0. The van der Waals surface area contributed by atoms with Crippen molar-refractivity contribution in [2.75, 3.05) is 15.9 Å². The van der Waals surface area contributed by atoms with Gasteiger partial charge in [0.25, 0.3) is 0 Å². The van der Waals surface area contributed by atoms with Crippen molar-refractivity contribution in [2.45, 2.75) is 32.2 Å². The third-order valence-corrected chi connectivity index (χ3v) is 6.73. The fourth-order valence-corrected chi connectivity index (χ4v) is 5.43. The Morgan fingerprint density at radius 3 is 2.37 bits per heavy atom. The third kappa shape index (κ3) is 3.65. The van der Waals surface area contributed by atoms with Gasteiger partial charge in [-0.05, 0) is 66.1 Å². The van der Waals surface area contributed by atoms with Crippen LogP contribution in [0, 0.1) is 5.82 Å². The summed E-state index contributed by atoms with van der Waals surface area (Å²) < 4.78 is 39.5. The minimum Gasteiger partial charge on any atom is -0.324 e. The van der Waals surface area contributed by atoms with Crippen molar-refractivity contribution >= 4 is 38.1 Å². The zero-order valence-electron chi connectivity index (χ0n) is 16.9. The van der Waals surface area contributed by atoms with E-state index >= 15 is 0 Å². The number of nitrogens with zero attached hydrogens (tertiary/aromatic N) is 1. The second-order valence-electron chi connectivity index (χ2n) is 7.56. The Kier molecular flexibility index (Phi) is 5.24. The third-order valence-electron chi connectivity index (χ3n) is 5.55. The molecule has 1 aliphatic rings. The van der Waals surface area contributed by atoms with Crippen LogP contribution in [-0.2, 0) is 27.7 Å². The van der Waals surface area contributed by atoms with Crippen molar-refractivity contribution in [2.24, 2.45) is 0 Å². The summed E-state index contributed by atoms with van der Waals surface area (Å²) in [6, 6.07) is 14.1. The van der Waals surface area contributed by atoms with Gasteiger partial charge in [0.2, 0.25) is 15.9 Å². The van der Waals surface area contributed by atoms with Crippen molar-refractivity contribution in [3.05, 3.63) is 71.5 Å². The van der Waals surface area contributed by atoms with E-state index in [2.05, 4.69) is 11.4 Å². The highest BCUT2D eigenvalue weighted by atomic mass is 32.2. The number of carbonyl (C=O) groups excluding carboxylic acids is 1. The predicted octanol–water partition coefficient (Wildman–Crippen LogP) is 4.26. The Balaban J connectivity index is 1.71. The lowest BCUT2D eigenvalue weighted by molar-refractivity contribution is -0.117.